The van der Waals surface area contributed by atoms with Crippen molar-refractivity contribution < 1.29 is 4.79 Å². The predicted octanol–water partition coefficient (Wildman–Crippen LogP) is 0.836. The predicted molar refractivity (Wildman–Crippen MR) is 57.3 cm³/mol. The largest absolute Gasteiger partial charge is 0.338 e. The Bertz CT molecular complexity index is 184. The molecule has 1 fully saturated rings. The molecule has 1 aliphatic heterocycles. The minimum absolute atomic E-state index is 0.0223. The number of carbonyl (C=O) groups is 1. The highest BCUT2D eigenvalue weighted by atomic mass is 16.2. The minimum Gasteiger partial charge on any atom is -0.338 e. The van der Waals surface area contributed by atoms with Gasteiger partial charge in [-0.05, 0) is 32.7 Å². The third kappa shape index (κ3) is 3.96. The summed E-state index contributed by atoms with van der Waals surface area (Å²) in [6.07, 6.45) is 3.04. The van der Waals surface area contributed by atoms with Crippen LogP contribution in [0.15, 0.2) is 0 Å². The molecule has 1 saturated heterocycles. The average molecular weight is 199 g/mol. The van der Waals surface area contributed by atoms with Crippen molar-refractivity contribution in [3.8, 4) is 0 Å². The minimum atomic E-state index is -0.0223. The lowest BCUT2D eigenvalue weighted by atomic mass is 10.0. The molecular weight excluding hydrogens is 178 g/mol. The van der Waals surface area contributed by atoms with Gasteiger partial charge in [-0.1, -0.05) is 6.92 Å². The molecule has 0 aromatic carbocycles. The quantitative estimate of drug-likeness (QED) is 0.631. The lowest BCUT2D eigenvalue weighted by molar-refractivity contribution is 0.230. The van der Waals surface area contributed by atoms with Crippen LogP contribution < -0.4 is 16.0 Å². The first kappa shape index (κ1) is 11.3. The Kier molecular flexibility index (Phi) is 4.73. The van der Waals surface area contributed by atoms with Gasteiger partial charge >= 0.3 is 6.03 Å². The van der Waals surface area contributed by atoms with Gasteiger partial charge in [0.1, 0.15) is 0 Å². The second-order valence-corrected chi connectivity index (χ2v) is 3.98. The van der Waals surface area contributed by atoms with Crippen LogP contribution in [0.25, 0.3) is 0 Å². The molecule has 2 unspecified atom stereocenters. The van der Waals surface area contributed by atoms with Crippen LogP contribution in [0.4, 0.5) is 4.79 Å². The maximum absolute atomic E-state index is 11.3. The summed E-state index contributed by atoms with van der Waals surface area (Å²) in [5.41, 5.74) is 0. The first-order chi connectivity index (χ1) is 6.72. The zero-order valence-electron chi connectivity index (χ0n) is 9.10. The molecule has 2 amide bonds. The van der Waals surface area contributed by atoms with E-state index in [1.54, 1.807) is 0 Å². The fourth-order valence-electron chi connectivity index (χ4n) is 1.74. The van der Waals surface area contributed by atoms with Gasteiger partial charge in [-0.2, -0.15) is 0 Å². The van der Waals surface area contributed by atoms with Gasteiger partial charge in [-0.3, -0.25) is 0 Å². The van der Waals surface area contributed by atoms with Gasteiger partial charge in [0.25, 0.3) is 0 Å². The molecule has 1 heterocycles. The van der Waals surface area contributed by atoms with Crippen LogP contribution in [0.5, 0.6) is 0 Å². The lowest BCUT2D eigenvalue weighted by Gasteiger charge is -2.28. The molecule has 0 saturated carbocycles. The van der Waals surface area contributed by atoms with Gasteiger partial charge in [-0.15, -0.1) is 0 Å². The lowest BCUT2D eigenvalue weighted by Crippen LogP contribution is -2.49. The van der Waals surface area contributed by atoms with Crippen LogP contribution in [0.1, 0.15) is 33.1 Å². The van der Waals surface area contributed by atoms with Crippen molar-refractivity contribution in [2.75, 3.05) is 13.1 Å². The SMILES string of the molecule is CCCNC(=O)NC1CCNC(C)C1. The van der Waals surface area contributed by atoms with Crippen molar-refractivity contribution in [3.63, 3.8) is 0 Å². The topological polar surface area (TPSA) is 53.2 Å². The van der Waals surface area contributed by atoms with E-state index in [0.717, 1.165) is 32.4 Å². The summed E-state index contributed by atoms with van der Waals surface area (Å²) in [6.45, 7) is 5.96. The summed E-state index contributed by atoms with van der Waals surface area (Å²) in [7, 11) is 0. The first-order valence-electron chi connectivity index (χ1n) is 5.50. The number of hydrogen-bond donors (Lipinski definition) is 3. The second kappa shape index (κ2) is 5.86. The smallest absolute Gasteiger partial charge is 0.315 e. The zero-order valence-corrected chi connectivity index (χ0v) is 9.10. The molecule has 1 aliphatic rings. The summed E-state index contributed by atoms with van der Waals surface area (Å²) in [4.78, 5) is 11.3. The molecule has 82 valence electrons. The fourth-order valence-corrected chi connectivity index (χ4v) is 1.74. The van der Waals surface area contributed by atoms with Crippen molar-refractivity contribution in [2.45, 2.75) is 45.2 Å². The highest BCUT2D eigenvalue weighted by Crippen LogP contribution is 2.07. The normalized spacial score (nSPS) is 27.0. The van der Waals surface area contributed by atoms with Crippen LogP contribution in [0, 0.1) is 0 Å². The Balaban J connectivity index is 2.18. The standard InChI is InChI=1S/C10H21N3O/c1-3-5-12-10(14)13-9-4-6-11-8(2)7-9/h8-9,11H,3-7H2,1-2H3,(H2,12,13,14). The van der Waals surface area contributed by atoms with Crippen LogP contribution >= 0.6 is 0 Å². The average Bonchev–Trinajstić information content (AvgIpc) is 2.15. The van der Waals surface area contributed by atoms with Crippen LogP contribution in [-0.4, -0.2) is 31.2 Å². The van der Waals surface area contributed by atoms with Crippen LogP contribution in [0.2, 0.25) is 0 Å². The third-order valence-electron chi connectivity index (χ3n) is 2.49. The molecule has 4 heteroatoms. The molecule has 1 rings (SSSR count). The molecule has 0 spiro atoms. The van der Waals surface area contributed by atoms with E-state index in [1.165, 1.54) is 0 Å². The Labute approximate surface area is 85.8 Å². The monoisotopic (exact) mass is 199 g/mol. The van der Waals surface area contributed by atoms with Gasteiger partial charge in [0.05, 0.1) is 0 Å². The maximum atomic E-state index is 11.3. The number of hydrogen-bond acceptors (Lipinski definition) is 2. The first-order valence-corrected chi connectivity index (χ1v) is 5.50. The van der Waals surface area contributed by atoms with E-state index < -0.39 is 0 Å². The van der Waals surface area contributed by atoms with Gasteiger partial charge in [-0.25, -0.2) is 4.79 Å². The van der Waals surface area contributed by atoms with E-state index >= 15 is 0 Å². The highest BCUT2D eigenvalue weighted by molar-refractivity contribution is 5.74. The molecule has 0 radical (unpaired) electrons. The number of piperidine rings is 1. The molecule has 0 aromatic heterocycles. The van der Waals surface area contributed by atoms with Crippen molar-refractivity contribution >= 4 is 6.03 Å². The number of urea groups is 1. The van der Waals surface area contributed by atoms with Crippen LogP contribution in [0.3, 0.4) is 0 Å². The number of rotatable bonds is 3. The maximum Gasteiger partial charge on any atom is 0.315 e. The van der Waals surface area contributed by atoms with E-state index in [1.807, 2.05) is 6.92 Å². The summed E-state index contributed by atoms with van der Waals surface area (Å²) >= 11 is 0. The Hall–Kier alpha value is -0.770. The number of nitrogens with one attached hydrogen (secondary N) is 3. The van der Waals surface area contributed by atoms with E-state index in [9.17, 15) is 4.79 Å². The van der Waals surface area contributed by atoms with E-state index in [4.69, 9.17) is 0 Å². The molecular formula is C10H21N3O. The molecule has 2 atom stereocenters. The summed E-state index contributed by atoms with van der Waals surface area (Å²) in [5, 5.41) is 9.17. The molecule has 0 aliphatic carbocycles. The van der Waals surface area contributed by atoms with Gasteiger partial charge in [0.2, 0.25) is 0 Å². The molecule has 0 bridgehead atoms. The number of amides is 2. The van der Waals surface area contributed by atoms with Crippen molar-refractivity contribution in [1.82, 2.24) is 16.0 Å². The van der Waals surface area contributed by atoms with E-state index in [-0.39, 0.29) is 6.03 Å². The summed E-state index contributed by atoms with van der Waals surface area (Å²) < 4.78 is 0. The molecule has 3 N–H and O–H groups in total. The fraction of sp³-hybridized carbons (Fsp3) is 0.900. The second-order valence-electron chi connectivity index (χ2n) is 3.98. The molecule has 14 heavy (non-hydrogen) atoms. The highest BCUT2D eigenvalue weighted by Gasteiger charge is 2.19. The Morgan fingerprint density at radius 2 is 2.36 bits per heavy atom. The number of carbonyl (C=O) groups excluding carboxylic acids is 1. The van der Waals surface area contributed by atoms with E-state index in [2.05, 4.69) is 22.9 Å². The Morgan fingerprint density at radius 1 is 1.57 bits per heavy atom. The third-order valence-corrected chi connectivity index (χ3v) is 2.49. The van der Waals surface area contributed by atoms with Gasteiger partial charge < -0.3 is 16.0 Å². The van der Waals surface area contributed by atoms with Crippen molar-refractivity contribution in [1.29, 1.82) is 0 Å². The van der Waals surface area contributed by atoms with Crippen molar-refractivity contribution in [2.24, 2.45) is 0 Å². The summed E-state index contributed by atoms with van der Waals surface area (Å²) in [5.74, 6) is 0. The Morgan fingerprint density at radius 3 is 3.00 bits per heavy atom. The van der Waals surface area contributed by atoms with Gasteiger partial charge in [0, 0.05) is 18.6 Å². The molecule has 4 nitrogen and oxygen atoms in total. The van der Waals surface area contributed by atoms with Crippen LogP contribution in [-0.2, 0) is 0 Å². The summed E-state index contributed by atoms with van der Waals surface area (Å²) in [6, 6.07) is 0.828. The zero-order chi connectivity index (χ0) is 10.4. The molecule has 0 aromatic rings. The van der Waals surface area contributed by atoms with Crippen molar-refractivity contribution in [3.05, 3.63) is 0 Å². The van der Waals surface area contributed by atoms with Gasteiger partial charge in [0.15, 0.2) is 0 Å². The van der Waals surface area contributed by atoms with E-state index in [0.29, 0.717) is 12.1 Å².